The summed E-state index contributed by atoms with van der Waals surface area (Å²) < 4.78 is 37.3. The molecule has 3 N–H and O–H groups in total. The number of anilines is 1. The van der Waals surface area contributed by atoms with Crippen LogP contribution in [-0.4, -0.2) is 24.5 Å². The van der Waals surface area contributed by atoms with Crippen molar-refractivity contribution >= 4 is 17.6 Å². The maximum Gasteiger partial charge on any atom is 0.416 e. The number of halogens is 3. The SMILES string of the molecule is O=C(CNC(=O)NC1CCCCC1)Nc1ccc(C(F)(F)F)cc1. The summed E-state index contributed by atoms with van der Waals surface area (Å²) in [6.45, 7) is -0.250. The summed E-state index contributed by atoms with van der Waals surface area (Å²) in [4.78, 5) is 23.4. The Balaban J connectivity index is 1.73. The molecular formula is C16H20F3N3O2. The van der Waals surface area contributed by atoms with Crippen molar-refractivity contribution in [1.82, 2.24) is 10.6 Å². The van der Waals surface area contributed by atoms with Crippen LogP contribution in [0.3, 0.4) is 0 Å². The van der Waals surface area contributed by atoms with Crippen molar-refractivity contribution in [2.75, 3.05) is 11.9 Å². The van der Waals surface area contributed by atoms with Crippen molar-refractivity contribution in [2.45, 2.75) is 44.3 Å². The molecule has 0 bridgehead atoms. The molecule has 3 amide bonds. The van der Waals surface area contributed by atoms with Gasteiger partial charge in [-0.05, 0) is 37.1 Å². The predicted octanol–water partition coefficient (Wildman–Crippen LogP) is 3.28. The molecule has 0 saturated heterocycles. The van der Waals surface area contributed by atoms with Gasteiger partial charge in [0.1, 0.15) is 0 Å². The summed E-state index contributed by atoms with van der Waals surface area (Å²) in [5, 5.41) is 7.68. The van der Waals surface area contributed by atoms with E-state index in [0.717, 1.165) is 37.8 Å². The standard InChI is InChI=1S/C16H20F3N3O2/c17-16(18,19)11-6-8-13(9-7-11)21-14(23)10-20-15(24)22-12-4-2-1-3-5-12/h6-9,12H,1-5,10H2,(H,21,23)(H2,20,22,24). The summed E-state index contributed by atoms with van der Waals surface area (Å²) in [6, 6.07) is 3.84. The maximum absolute atomic E-state index is 12.4. The first-order valence-electron chi connectivity index (χ1n) is 7.86. The Kier molecular flexibility index (Phi) is 6.05. The highest BCUT2D eigenvalue weighted by Crippen LogP contribution is 2.29. The van der Waals surface area contributed by atoms with Crippen LogP contribution >= 0.6 is 0 Å². The van der Waals surface area contributed by atoms with Gasteiger partial charge in [-0.25, -0.2) is 4.79 Å². The van der Waals surface area contributed by atoms with Gasteiger partial charge in [-0.3, -0.25) is 4.79 Å². The van der Waals surface area contributed by atoms with Crippen molar-refractivity contribution < 1.29 is 22.8 Å². The molecule has 1 aromatic rings. The minimum absolute atomic E-state index is 0.136. The van der Waals surface area contributed by atoms with Crippen LogP contribution in [0, 0.1) is 0 Å². The normalized spacial score (nSPS) is 15.6. The van der Waals surface area contributed by atoms with Crippen LogP contribution in [-0.2, 0) is 11.0 Å². The quantitative estimate of drug-likeness (QED) is 0.785. The van der Waals surface area contributed by atoms with E-state index in [1.54, 1.807) is 0 Å². The van der Waals surface area contributed by atoms with E-state index >= 15 is 0 Å². The van der Waals surface area contributed by atoms with Gasteiger partial charge in [0.25, 0.3) is 0 Å². The van der Waals surface area contributed by atoms with E-state index in [1.807, 2.05) is 0 Å². The highest BCUT2D eigenvalue weighted by Gasteiger charge is 2.30. The molecule has 1 aliphatic rings. The molecule has 132 valence electrons. The van der Waals surface area contributed by atoms with E-state index in [2.05, 4.69) is 16.0 Å². The lowest BCUT2D eigenvalue weighted by atomic mass is 9.96. The van der Waals surface area contributed by atoms with E-state index in [9.17, 15) is 22.8 Å². The van der Waals surface area contributed by atoms with Crippen LogP contribution in [0.15, 0.2) is 24.3 Å². The molecule has 0 heterocycles. The summed E-state index contributed by atoms with van der Waals surface area (Å²) >= 11 is 0. The zero-order chi connectivity index (χ0) is 17.6. The molecule has 0 radical (unpaired) electrons. The fourth-order valence-electron chi connectivity index (χ4n) is 2.59. The number of hydrogen-bond donors (Lipinski definition) is 3. The van der Waals surface area contributed by atoms with Crippen LogP contribution in [0.5, 0.6) is 0 Å². The molecule has 0 aromatic heterocycles. The van der Waals surface area contributed by atoms with Crippen LogP contribution in [0.4, 0.5) is 23.7 Å². The molecule has 0 spiro atoms. The number of amides is 3. The second-order valence-corrected chi connectivity index (χ2v) is 5.79. The number of urea groups is 1. The van der Waals surface area contributed by atoms with Crippen molar-refractivity contribution in [1.29, 1.82) is 0 Å². The Morgan fingerprint density at radius 3 is 2.25 bits per heavy atom. The molecule has 5 nitrogen and oxygen atoms in total. The van der Waals surface area contributed by atoms with Gasteiger partial charge in [0, 0.05) is 11.7 Å². The first-order chi connectivity index (χ1) is 11.3. The van der Waals surface area contributed by atoms with Gasteiger partial charge in [0.2, 0.25) is 5.91 Å². The van der Waals surface area contributed by atoms with E-state index in [0.29, 0.717) is 0 Å². The lowest BCUT2D eigenvalue weighted by molar-refractivity contribution is -0.137. The van der Waals surface area contributed by atoms with E-state index in [-0.39, 0.29) is 18.3 Å². The Labute approximate surface area is 138 Å². The third-order valence-electron chi connectivity index (χ3n) is 3.85. The summed E-state index contributed by atoms with van der Waals surface area (Å²) in [6.07, 6.45) is 0.797. The van der Waals surface area contributed by atoms with Crippen LogP contribution in [0.2, 0.25) is 0 Å². The molecule has 1 saturated carbocycles. The van der Waals surface area contributed by atoms with E-state index in [1.165, 1.54) is 18.6 Å². The molecular weight excluding hydrogens is 323 g/mol. The van der Waals surface area contributed by atoms with Gasteiger partial charge in [-0.15, -0.1) is 0 Å². The lowest BCUT2D eigenvalue weighted by Crippen LogP contribution is -2.45. The summed E-state index contributed by atoms with van der Waals surface area (Å²) in [5.74, 6) is -0.506. The highest BCUT2D eigenvalue weighted by molar-refractivity contribution is 5.94. The first kappa shape index (κ1) is 18.1. The number of alkyl halides is 3. The highest BCUT2D eigenvalue weighted by atomic mass is 19.4. The third kappa shape index (κ3) is 5.75. The van der Waals surface area contributed by atoms with Crippen molar-refractivity contribution in [2.24, 2.45) is 0 Å². The summed E-state index contributed by atoms with van der Waals surface area (Å²) in [7, 11) is 0. The minimum Gasteiger partial charge on any atom is -0.335 e. The van der Waals surface area contributed by atoms with Crippen molar-refractivity contribution in [3.05, 3.63) is 29.8 Å². The first-order valence-corrected chi connectivity index (χ1v) is 7.86. The maximum atomic E-state index is 12.4. The molecule has 24 heavy (non-hydrogen) atoms. The van der Waals surface area contributed by atoms with Gasteiger partial charge in [0.15, 0.2) is 0 Å². The fraction of sp³-hybridized carbons (Fsp3) is 0.500. The Morgan fingerprint density at radius 1 is 1.04 bits per heavy atom. The number of carbonyl (C=O) groups is 2. The van der Waals surface area contributed by atoms with Crippen LogP contribution in [0.1, 0.15) is 37.7 Å². The number of carbonyl (C=O) groups excluding carboxylic acids is 2. The molecule has 1 aliphatic carbocycles. The molecule has 0 atom stereocenters. The topological polar surface area (TPSA) is 70.2 Å². The van der Waals surface area contributed by atoms with Crippen molar-refractivity contribution in [3.63, 3.8) is 0 Å². The number of hydrogen-bond acceptors (Lipinski definition) is 2. The number of benzene rings is 1. The number of rotatable bonds is 4. The Bertz CT molecular complexity index is 567. The summed E-state index contributed by atoms with van der Waals surface area (Å²) in [5.41, 5.74) is -0.548. The molecule has 8 heteroatoms. The largest absolute Gasteiger partial charge is 0.416 e. The van der Waals surface area contributed by atoms with Crippen LogP contribution in [0.25, 0.3) is 0 Å². The van der Waals surface area contributed by atoms with Gasteiger partial charge < -0.3 is 16.0 Å². The molecule has 1 fully saturated rings. The molecule has 0 unspecified atom stereocenters. The number of nitrogens with one attached hydrogen (secondary N) is 3. The monoisotopic (exact) mass is 343 g/mol. The minimum atomic E-state index is -4.42. The Morgan fingerprint density at radius 2 is 1.67 bits per heavy atom. The smallest absolute Gasteiger partial charge is 0.335 e. The molecule has 0 aliphatic heterocycles. The zero-order valence-electron chi connectivity index (χ0n) is 13.1. The van der Waals surface area contributed by atoms with Gasteiger partial charge in [0.05, 0.1) is 12.1 Å². The van der Waals surface area contributed by atoms with Crippen molar-refractivity contribution in [3.8, 4) is 0 Å². The van der Waals surface area contributed by atoms with Gasteiger partial charge in [-0.1, -0.05) is 19.3 Å². The molecule has 2 rings (SSSR count). The zero-order valence-corrected chi connectivity index (χ0v) is 13.1. The van der Waals surface area contributed by atoms with Gasteiger partial charge >= 0.3 is 12.2 Å². The average Bonchev–Trinajstić information content (AvgIpc) is 2.53. The second-order valence-electron chi connectivity index (χ2n) is 5.79. The second kappa shape index (κ2) is 8.03. The average molecular weight is 343 g/mol. The molecule has 1 aromatic carbocycles. The van der Waals surface area contributed by atoms with E-state index in [4.69, 9.17) is 0 Å². The lowest BCUT2D eigenvalue weighted by Gasteiger charge is -2.22. The van der Waals surface area contributed by atoms with E-state index < -0.39 is 23.7 Å². The van der Waals surface area contributed by atoms with Gasteiger partial charge in [-0.2, -0.15) is 13.2 Å². The predicted molar refractivity (Wildman–Crippen MR) is 83.5 cm³/mol. The Hall–Kier alpha value is -2.25. The third-order valence-corrected chi connectivity index (χ3v) is 3.85. The van der Waals surface area contributed by atoms with Crippen LogP contribution < -0.4 is 16.0 Å². The fourth-order valence-corrected chi connectivity index (χ4v) is 2.59.